The van der Waals surface area contributed by atoms with Crippen LogP contribution in [0.5, 0.6) is 0 Å². The molecule has 0 aliphatic rings. The molecule has 0 saturated heterocycles. The molecule has 0 radical (unpaired) electrons. The van der Waals surface area contributed by atoms with Crippen LogP contribution in [0, 0.1) is 11.3 Å². The van der Waals surface area contributed by atoms with E-state index in [1.807, 2.05) is 0 Å². The van der Waals surface area contributed by atoms with E-state index in [4.69, 9.17) is 5.26 Å². The Labute approximate surface area is 60.7 Å². The Balaban J connectivity index is 3.37. The van der Waals surface area contributed by atoms with Crippen LogP contribution in [-0.2, 0) is 13.6 Å². The minimum absolute atomic E-state index is 0.137. The average molecular weight is 162 g/mol. The Morgan fingerprint density at radius 3 is 2.70 bits per heavy atom. The van der Waals surface area contributed by atoms with Crippen molar-refractivity contribution in [1.29, 1.82) is 5.26 Å². The first kappa shape index (κ1) is 9.51. The maximum atomic E-state index is 10.6. The van der Waals surface area contributed by atoms with Crippen molar-refractivity contribution in [1.82, 2.24) is 0 Å². The summed E-state index contributed by atoms with van der Waals surface area (Å²) in [5.41, 5.74) is 0. The Bertz CT molecular complexity index is 151. The van der Waals surface area contributed by atoms with Gasteiger partial charge < -0.3 is 0 Å². The largest absolute Gasteiger partial charge is 0.698 e. The Morgan fingerprint density at radius 2 is 2.30 bits per heavy atom. The zero-order valence-electron chi connectivity index (χ0n) is 5.90. The fourth-order valence-corrected chi connectivity index (χ4v) is 0.852. The van der Waals surface area contributed by atoms with Crippen LogP contribution in [-0.4, -0.2) is 12.7 Å². The van der Waals surface area contributed by atoms with Crippen molar-refractivity contribution in [3.05, 3.63) is 0 Å². The second-order valence-corrected chi connectivity index (χ2v) is 2.73. The molecule has 0 aromatic heterocycles. The molecule has 1 unspecified atom stereocenters. The van der Waals surface area contributed by atoms with Crippen molar-refractivity contribution in [2.75, 3.05) is 6.61 Å². The third kappa shape index (κ3) is 5.64. The molecule has 0 aromatic rings. The molecule has 1 atom stereocenters. The van der Waals surface area contributed by atoms with Crippen LogP contribution in [0.4, 0.5) is 0 Å². The number of nitriles is 1. The molecule has 0 aliphatic heterocycles. The summed E-state index contributed by atoms with van der Waals surface area (Å²) in [5.74, 6) is 0. The normalized spacial score (nSPS) is 11.2. The lowest BCUT2D eigenvalue weighted by Gasteiger charge is -1.89. The molecule has 5 heteroatoms. The monoisotopic (exact) mass is 162 g/mol. The highest BCUT2D eigenvalue weighted by Gasteiger charge is 2.21. The van der Waals surface area contributed by atoms with Gasteiger partial charge in [0.15, 0.2) is 6.61 Å². The molecule has 10 heavy (non-hydrogen) atoms. The fourth-order valence-electron chi connectivity index (χ4n) is 0.284. The molecule has 56 valence electrons. The van der Waals surface area contributed by atoms with Crippen LogP contribution in [0.3, 0.4) is 0 Å². The molecule has 0 aliphatic carbocycles. The zero-order chi connectivity index (χ0) is 7.98. The van der Waals surface area contributed by atoms with Crippen molar-refractivity contribution in [2.45, 2.75) is 20.0 Å². The molecular formula is C5H9NO3P+. The lowest BCUT2D eigenvalue weighted by molar-refractivity contribution is 0.198. The van der Waals surface area contributed by atoms with Gasteiger partial charge in [0.25, 0.3) is 0 Å². The third-order valence-corrected chi connectivity index (χ3v) is 1.47. The smallest absolute Gasteiger partial charge is 0.196 e. The van der Waals surface area contributed by atoms with Crippen LogP contribution in [0.2, 0.25) is 0 Å². The Morgan fingerprint density at radius 1 is 1.70 bits per heavy atom. The van der Waals surface area contributed by atoms with E-state index in [-0.39, 0.29) is 12.7 Å². The zero-order valence-corrected chi connectivity index (χ0v) is 6.80. The van der Waals surface area contributed by atoms with E-state index in [1.165, 1.54) is 0 Å². The van der Waals surface area contributed by atoms with E-state index in [0.717, 1.165) is 0 Å². The summed E-state index contributed by atoms with van der Waals surface area (Å²) < 4.78 is 19.7. The number of hydrogen-bond acceptors (Lipinski definition) is 4. The molecule has 0 bridgehead atoms. The second kappa shape index (κ2) is 5.31. The summed E-state index contributed by atoms with van der Waals surface area (Å²) in [6.07, 6.45) is -0.137. The highest BCUT2D eigenvalue weighted by atomic mass is 31.1. The molecule has 0 rings (SSSR count). The first-order valence-corrected chi connectivity index (χ1v) is 3.90. The quantitative estimate of drug-likeness (QED) is 0.589. The van der Waals surface area contributed by atoms with Gasteiger partial charge >= 0.3 is 8.25 Å². The summed E-state index contributed by atoms with van der Waals surface area (Å²) in [4.78, 5) is 0. The van der Waals surface area contributed by atoms with Gasteiger partial charge in [-0.25, -0.2) is 0 Å². The van der Waals surface area contributed by atoms with Gasteiger partial charge in [0, 0.05) is 4.57 Å². The van der Waals surface area contributed by atoms with Crippen LogP contribution in [0.15, 0.2) is 0 Å². The summed E-state index contributed by atoms with van der Waals surface area (Å²) in [7, 11) is -2.10. The highest BCUT2D eigenvalue weighted by molar-refractivity contribution is 7.33. The molecule has 0 amide bonds. The molecule has 4 nitrogen and oxygen atoms in total. The van der Waals surface area contributed by atoms with E-state index in [2.05, 4.69) is 9.05 Å². The van der Waals surface area contributed by atoms with E-state index in [1.54, 1.807) is 19.9 Å². The van der Waals surface area contributed by atoms with Crippen molar-refractivity contribution >= 4 is 8.25 Å². The number of rotatable bonds is 4. The van der Waals surface area contributed by atoms with E-state index in [0.29, 0.717) is 0 Å². The van der Waals surface area contributed by atoms with E-state index >= 15 is 0 Å². The predicted octanol–water partition coefficient (Wildman–Crippen LogP) is 1.61. The van der Waals surface area contributed by atoms with Crippen molar-refractivity contribution in [2.24, 2.45) is 0 Å². The summed E-state index contributed by atoms with van der Waals surface area (Å²) in [5, 5.41) is 7.99. The van der Waals surface area contributed by atoms with Gasteiger partial charge in [-0.1, -0.05) is 0 Å². The van der Waals surface area contributed by atoms with Crippen molar-refractivity contribution in [3.63, 3.8) is 0 Å². The summed E-state index contributed by atoms with van der Waals surface area (Å²) in [6.45, 7) is 3.29. The SMILES string of the molecule is CC(C)O[P+](=O)OCC#N. The lowest BCUT2D eigenvalue weighted by atomic mass is 10.5. The van der Waals surface area contributed by atoms with E-state index in [9.17, 15) is 4.57 Å². The van der Waals surface area contributed by atoms with Crippen LogP contribution >= 0.6 is 8.25 Å². The first-order chi connectivity index (χ1) is 4.66. The van der Waals surface area contributed by atoms with Gasteiger partial charge in [0.2, 0.25) is 0 Å². The average Bonchev–Trinajstić information content (AvgIpc) is 1.82. The standard InChI is InChI=1S/C5H9NO3P/c1-5(2)9-10(7)8-4-3-6/h5H,4H2,1-2H3/q+1. The summed E-state index contributed by atoms with van der Waals surface area (Å²) in [6, 6.07) is 1.69. The molecule has 0 spiro atoms. The molecule has 0 saturated carbocycles. The predicted molar refractivity (Wildman–Crippen MR) is 35.4 cm³/mol. The second-order valence-electron chi connectivity index (χ2n) is 1.81. The lowest BCUT2D eigenvalue weighted by Crippen LogP contribution is -1.95. The number of nitrogens with zero attached hydrogens (tertiary/aromatic N) is 1. The van der Waals surface area contributed by atoms with Crippen molar-refractivity contribution < 1.29 is 13.6 Å². The third-order valence-electron chi connectivity index (χ3n) is 0.531. The number of hydrogen-bond donors (Lipinski definition) is 0. The molecule has 0 fully saturated rings. The minimum Gasteiger partial charge on any atom is -0.196 e. The van der Waals surface area contributed by atoms with Crippen molar-refractivity contribution in [3.8, 4) is 6.07 Å². The van der Waals surface area contributed by atoms with Gasteiger partial charge in [-0.3, -0.25) is 0 Å². The maximum Gasteiger partial charge on any atom is 0.698 e. The Hall–Kier alpha value is -0.490. The first-order valence-electron chi connectivity index (χ1n) is 2.80. The molecule has 0 N–H and O–H groups in total. The highest BCUT2D eigenvalue weighted by Crippen LogP contribution is 2.24. The van der Waals surface area contributed by atoms with Gasteiger partial charge in [0.1, 0.15) is 6.10 Å². The molecular weight excluding hydrogens is 153 g/mol. The van der Waals surface area contributed by atoms with E-state index < -0.39 is 8.25 Å². The van der Waals surface area contributed by atoms with Gasteiger partial charge in [-0.2, -0.15) is 5.26 Å². The topological polar surface area (TPSA) is 59.3 Å². The van der Waals surface area contributed by atoms with Crippen LogP contribution in [0.25, 0.3) is 0 Å². The fraction of sp³-hybridized carbons (Fsp3) is 0.800. The summed E-state index contributed by atoms with van der Waals surface area (Å²) >= 11 is 0. The van der Waals surface area contributed by atoms with Crippen LogP contribution in [0.1, 0.15) is 13.8 Å². The van der Waals surface area contributed by atoms with Gasteiger partial charge in [0.05, 0.1) is 6.07 Å². The Kier molecular flexibility index (Phi) is 5.05. The maximum absolute atomic E-state index is 10.6. The minimum atomic E-state index is -2.10. The van der Waals surface area contributed by atoms with Gasteiger partial charge in [-0.05, 0) is 13.8 Å². The molecule has 0 heterocycles. The van der Waals surface area contributed by atoms with Gasteiger partial charge in [-0.15, -0.1) is 9.05 Å². The van der Waals surface area contributed by atoms with Crippen LogP contribution < -0.4 is 0 Å². The molecule has 0 aromatic carbocycles.